The second kappa shape index (κ2) is 9.45. The molecule has 10 heteroatoms. The molecule has 0 aliphatic rings. The molecule has 0 spiro atoms. The standard InChI is InChI=1S/C16H17N5OS4/c1-3-23-15-20-21-16(26-15)24-9-12-18-19-14(25-12)13(22)17-8-11-6-4-10(2)5-7-11/h4-7H,3,8-9H2,1-2H3,(H,17,22). The number of aromatic nitrogens is 4. The van der Waals surface area contributed by atoms with Gasteiger partial charge in [-0.15, -0.1) is 20.4 Å². The number of thioether (sulfide) groups is 2. The van der Waals surface area contributed by atoms with E-state index >= 15 is 0 Å². The number of amides is 1. The third-order valence-electron chi connectivity index (χ3n) is 3.21. The summed E-state index contributed by atoms with van der Waals surface area (Å²) in [5.74, 6) is 1.42. The molecule has 2 aromatic heterocycles. The summed E-state index contributed by atoms with van der Waals surface area (Å²) < 4.78 is 1.88. The van der Waals surface area contributed by atoms with E-state index in [0.717, 1.165) is 25.0 Å². The highest BCUT2D eigenvalue weighted by molar-refractivity contribution is 8.02. The van der Waals surface area contributed by atoms with E-state index in [-0.39, 0.29) is 5.91 Å². The number of nitrogens with one attached hydrogen (secondary N) is 1. The fourth-order valence-corrected chi connectivity index (χ4v) is 5.59. The van der Waals surface area contributed by atoms with Crippen molar-refractivity contribution in [1.82, 2.24) is 25.7 Å². The van der Waals surface area contributed by atoms with Gasteiger partial charge in [-0.1, -0.05) is 82.9 Å². The van der Waals surface area contributed by atoms with E-state index in [1.807, 2.05) is 31.2 Å². The summed E-state index contributed by atoms with van der Waals surface area (Å²) in [5.41, 5.74) is 2.25. The maximum Gasteiger partial charge on any atom is 0.282 e. The summed E-state index contributed by atoms with van der Waals surface area (Å²) in [7, 11) is 0. The SMILES string of the molecule is CCSc1nnc(SCc2nnc(C(=O)NCc3ccc(C)cc3)s2)s1. The number of rotatable bonds is 8. The fraction of sp³-hybridized carbons (Fsp3) is 0.312. The Bertz CT molecular complexity index is 862. The molecule has 0 fully saturated rings. The van der Waals surface area contributed by atoms with E-state index < -0.39 is 0 Å². The van der Waals surface area contributed by atoms with Crippen molar-refractivity contribution in [3.05, 3.63) is 45.4 Å². The predicted molar refractivity (Wildman–Crippen MR) is 108 cm³/mol. The Morgan fingerprint density at radius 1 is 1.04 bits per heavy atom. The molecule has 0 atom stereocenters. The van der Waals surface area contributed by atoms with Gasteiger partial charge in [0.1, 0.15) is 5.01 Å². The number of nitrogens with zero attached hydrogens (tertiary/aromatic N) is 4. The van der Waals surface area contributed by atoms with E-state index in [1.54, 1.807) is 34.9 Å². The second-order valence-electron chi connectivity index (χ2n) is 5.22. The van der Waals surface area contributed by atoms with Crippen LogP contribution in [0.15, 0.2) is 32.9 Å². The van der Waals surface area contributed by atoms with Crippen molar-refractivity contribution in [2.45, 2.75) is 34.8 Å². The molecular formula is C16H17N5OS4. The Kier molecular flexibility index (Phi) is 7.00. The highest BCUT2D eigenvalue weighted by Crippen LogP contribution is 2.31. The number of hydrogen-bond donors (Lipinski definition) is 1. The molecule has 26 heavy (non-hydrogen) atoms. The van der Waals surface area contributed by atoms with Crippen LogP contribution in [-0.2, 0) is 12.3 Å². The zero-order valence-corrected chi connectivity index (χ0v) is 17.5. The maximum absolute atomic E-state index is 12.2. The molecule has 0 saturated heterocycles. The molecule has 1 N–H and O–H groups in total. The van der Waals surface area contributed by atoms with E-state index in [9.17, 15) is 4.79 Å². The number of hydrogen-bond acceptors (Lipinski definition) is 9. The minimum Gasteiger partial charge on any atom is -0.346 e. The molecule has 0 saturated carbocycles. The van der Waals surface area contributed by atoms with Gasteiger partial charge in [-0.2, -0.15) is 0 Å². The van der Waals surface area contributed by atoms with Crippen molar-refractivity contribution >= 4 is 52.1 Å². The van der Waals surface area contributed by atoms with Crippen LogP contribution in [0.5, 0.6) is 0 Å². The summed E-state index contributed by atoms with van der Waals surface area (Å²) in [6, 6.07) is 8.06. The van der Waals surface area contributed by atoms with Crippen molar-refractivity contribution in [3.8, 4) is 0 Å². The zero-order valence-electron chi connectivity index (χ0n) is 14.3. The maximum atomic E-state index is 12.2. The Balaban J connectivity index is 1.49. The first kappa shape index (κ1) is 19.3. The summed E-state index contributed by atoms with van der Waals surface area (Å²) in [6.45, 7) is 4.60. The molecule has 0 aliphatic carbocycles. The normalized spacial score (nSPS) is 10.8. The van der Waals surface area contributed by atoms with Crippen LogP contribution in [-0.4, -0.2) is 32.1 Å². The largest absolute Gasteiger partial charge is 0.346 e. The molecule has 6 nitrogen and oxygen atoms in total. The van der Waals surface area contributed by atoms with Crippen LogP contribution in [0.4, 0.5) is 0 Å². The van der Waals surface area contributed by atoms with Crippen molar-refractivity contribution in [2.75, 3.05) is 5.75 Å². The van der Waals surface area contributed by atoms with Crippen LogP contribution in [0.3, 0.4) is 0 Å². The fourth-order valence-electron chi connectivity index (χ4n) is 1.93. The topological polar surface area (TPSA) is 80.7 Å². The summed E-state index contributed by atoms with van der Waals surface area (Å²) in [4.78, 5) is 12.2. The van der Waals surface area contributed by atoms with Gasteiger partial charge < -0.3 is 5.32 Å². The minimum atomic E-state index is -0.197. The van der Waals surface area contributed by atoms with Gasteiger partial charge >= 0.3 is 0 Å². The number of carbonyl (C=O) groups excluding carboxylic acids is 1. The van der Waals surface area contributed by atoms with Gasteiger partial charge in [0.15, 0.2) is 8.68 Å². The quantitative estimate of drug-likeness (QED) is 0.548. The summed E-state index contributed by atoms with van der Waals surface area (Å²) in [6.07, 6.45) is 0. The lowest BCUT2D eigenvalue weighted by molar-refractivity contribution is 0.0950. The average molecular weight is 424 g/mol. The molecule has 0 aliphatic heterocycles. The monoisotopic (exact) mass is 423 g/mol. The van der Waals surface area contributed by atoms with E-state index in [2.05, 4.69) is 32.6 Å². The molecular weight excluding hydrogens is 406 g/mol. The molecule has 3 aromatic rings. The van der Waals surface area contributed by atoms with Gasteiger partial charge in [-0.3, -0.25) is 4.79 Å². The van der Waals surface area contributed by atoms with E-state index in [4.69, 9.17) is 0 Å². The van der Waals surface area contributed by atoms with Gasteiger partial charge in [-0.05, 0) is 18.2 Å². The Morgan fingerprint density at radius 2 is 1.77 bits per heavy atom. The van der Waals surface area contributed by atoms with E-state index in [0.29, 0.717) is 17.3 Å². The molecule has 136 valence electrons. The molecule has 0 unspecified atom stereocenters. The molecule has 1 amide bonds. The average Bonchev–Trinajstić information content (AvgIpc) is 3.29. The first-order chi connectivity index (χ1) is 12.6. The van der Waals surface area contributed by atoms with Gasteiger partial charge in [0.05, 0.1) is 5.75 Å². The zero-order chi connectivity index (χ0) is 18.4. The molecule has 0 bridgehead atoms. The highest BCUT2D eigenvalue weighted by atomic mass is 32.2. The number of benzene rings is 1. The van der Waals surface area contributed by atoms with Crippen molar-refractivity contribution < 1.29 is 4.79 Å². The lowest BCUT2D eigenvalue weighted by Crippen LogP contribution is -2.22. The Labute approximate surface area is 168 Å². The van der Waals surface area contributed by atoms with Crippen LogP contribution in [0.2, 0.25) is 0 Å². The molecule has 0 radical (unpaired) electrons. The summed E-state index contributed by atoms with van der Waals surface area (Å²) >= 11 is 6.14. The highest BCUT2D eigenvalue weighted by Gasteiger charge is 2.13. The van der Waals surface area contributed by atoms with Crippen molar-refractivity contribution in [3.63, 3.8) is 0 Å². The van der Waals surface area contributed by atoms with Crippen molar-refractivity contribution in [1.29, 1.82) is 0 Å². The third-order valence-corrected chi connectivity index (χ3v) is 7.40. The molecule has 2 heterocycles. The first-order valence-electron chi connectivity index (χ1n) is 7.89. The van der Waals surface area contributed by atoms with Gasteiger partial charge in [0, 0.05) is 6.54 Å². The number of aryl methyl sites for hydroxylation is 1. The minimum absolute atomic E-state index is 0.197. The van der Waals surface area contributed by atoms with Gasteiger partial charge in [-0.25, -0.2) is 0 Å². The lowest BCUT2D eigenvalue weighted by Gasteiger charge is -2.03. The summed E-state index contributed by atoms with van der Waals surface area (Å²) in [5, 5.41) is 20.4. The van der Waals surface area contributed by atoms with Crippen LogP contribution in [0, 0.1) is 6.92 Å². The Morgan fingerprint density at radius 3 is 2.50 bits per heavy atom. The van der Waals surface area contributed by atoms with Crippen LogP contribution >= 0.6 is 46.2 Å². The number of carbonyl (C=O) groups is 1. The second-order valence-corrected chi connectivity index (χ2v) is 10.00. The van der Waals surface area contributed by atoms with Crippen molar-refractivity contribution in [2.24, 2.45) is 0 Å². The smallest absolute Gasteiger partial charge is 0.282 e. The van der Waals surface area contributed by atoms with Gasteiger partial charge in [0.25, 0.3) is 5.91 Å². The van der Waals surface area contributed by atoms with E-state index in [1.165, 1.54) is 16.9 Å². The molecule has 1 aromatic carbocycles. The lowest BCUT2D eigenvalue weighted by atomic mass is 10.1. The van der Waals surface area contributed by atoms with Gasteiger partial charge in [0.2, 0.25) is 5.01 Å². The van der Waals surface area contributed by atoms with Crippen LogP contribution in [0.25, 0.3) is 0 Å². The van der Waals surface area contributed by atoms with Crippen LogP contribution in [0.1, 0.15) is 32.9 Å². The first-order valence-corrected chi connectivity index (χ1v) is 11.5. The Hall–Kier alpha value is -1.49. The molecule has 3 rings (SSSR count). The predicted octanol–water partition coefficient (Wildman–Crippen LogP) is 4.03. The third kappa shape index (κ3) is 5.50. The van der Waals surface area contributed by atoms with Crippen LogP contribution < -0.4 is 5.32 Å².